The molecule has 2 N–H and O–H groups in total. The van der Waals surface area contributed by atoms with Crippen molar-refractivity contribution in [1.29, 1.82) is 0 Å². The van der Waals surface area contributed by atoms with Crippen molar-refractivity contribution in [2.75, 3.05) is 25.1 Å². The van der Waals surface area contributed by atoms with Crippen molar-refractivity contribution in [2.45, 2.75) is 45.9 Å². The van der Waals surface area contributed by atoms with Crippen LogP contribution in [0, 0.1) is 0 Å². The molecule has 0 unspecified atom stereocenters. The fourth-order valence-electron chi connectivity index (χ4n) is 3.89. The smallest absolute Gasteiger partial charge is 0.481 e. The molecule has 0 amide bonds. The van der Waals surface area contributed by atoms with Gasteiger partial charge in [0, 0.05) is 26.4 Å². The Morgan fingerprint density at radius 3 is 2.44 bits per heavy atom. The molecule has 0 radical (unpaired) electrons. The van der Waals surface area contributed by atoms with Gasteiger partial charge in [0.25, 0.3) is 0 Å². The van der Waals surface area contributed by atoms with Crippen molar-refractivity contribution in [3.8, 4) is 16.9 Å². The number of nitrogens with zero attached hydrogens (tertiary/aromatic N) is 2. The molecule has 2 aromatic rings. The summed E-state index contributed by atoms with van der Waals surface area (Å²) < 4.78 is 41.6. The zero-order valence-corrected chi connectivity index (χ0v) is 22.6. The number of alkyl halides is 3. The van der Waals surface area contributed by atoms with Crippen molar-refractivity contribution in [1.82, 2.24) is 5.32 Å². The molecule has 0 aliphatic heterocycles. The second-order valence-corrected chi connectivity index (χ2v) is 8.81. The first-order chi connectivity index (χ1) is 18.5. The van der Waals surface area contributed by atoms with Crippen LogP contribution in [0.4, 0.5) is 18.9 Å². The number of hydrogen-bond donors (Lipinski definition) is 2. The van der Waals surface area contributed by atoms with Crippen LogP contribution in [0.25, 0.3) is 11.1 Å². The second-order valence-electron chi connectivity index (χ2n) is 8.81. The van der Waals surface area contributed by atoms with Gasteiger partial charge in [-0.15, -0.1) is 13.2 Å². The summed E-state index contributed by atoms with van der Waals surface area (Å²) in [5.74, 6) is -1.11. The largest absolute Gasteiger partial charge is 0.573 e. The summed E-state index contributed by atoms with van der Waals surface area (Å²) in [6.07, 6.45) is 5.47. The van der Waals surface area contributed by atoms with Gasteiger partial charge < -0.3 is 15.2 Å². The van der Waals surface area contributed by atoms with Crippen molar-refractivity contribution in [3.05, 3.63) is 84.0 Å². The third-order valence-corrected chi connectivity index (χ3v) is 5.69. The van der Waals surface area contributed by atoms with Gasteiger partial charge in [0.1, 0.15) is 5.75 Å². The predicted octanol–water partition coefficient (Wildman–Crippen LogP) is 7.14. The predicted molar refractivity (Wildman–Crippen MR) is 151 cm³/mol. The minimum Gasteiger partial charge on any atom is -0.481 e. The van der Waals surface area contributed by atoms with E-state index in [1.807, 2.05) is 44.3 Å². The number of hydrazone groups is 1. The average Bonchev–Trinajstić information content (AvgIpc) is 2.87. The SMILES string of the molecule is C=C(/C=C\C(=C/CC)CCc1cc(-c2ccc(OC(F)(F)F)cc2)ccc1N(C)/N=C\C)CNCCC(=O)O. The molecule has 0 spiro atoms. The first-order valence-corrected chi connectivity index (χ1v) is 12.7. The Labute approximate surface area is 228 Å². The molecule has 0 saturated heterocycles. The Balaban J connectivity index is 2.21. The molecular weight excluding hydrogens is 507 g/mol. The lowest BCUT2D eigenvalue weighted by Gasteiger charge is -2.19. The van der Waals surface area contributed by atoms with Crippen molar-refractivity contribution < 1.29 is 27.8 Å². The van der Waals surface area contributed by atoms with Gasteiger partial charge in [0.05, 0.1) is 12.1 Å². The lowest BCUT2D eigenvalue weighted by molar-refractivity contribution is -0.274. The van der Waals surface area contributed by atoms with E-state index in [2.05, 4.69) is 34.7 Å². The molecule has 0 saturated carbocycles. The van der Waals surface area contributed by atoms with Crippen LogP contribution in [0.3, 0.4) is 0 Å². The molecule has 0 aliphatic rings. The summed E-state index contributed by atoms with van der Waals surface area (Å²) in [5.41, 5.74) is 5.60. The van der Waals surface area contributed by atoms with Gasteiger partial charge >= 0.3 is 12.3 Å². The Kier molecular flexibility index (Phi) is 12.5. The van der Waals surface area contributed by atoms with Crippen molar-refractivity contribution in [2.24, 2.45) is 5.10 Å². The number of anilines is 1. The zero-order chi connectivity index (χ0) is 28.8. The Bertz CT molecular complexity index is 1190. The lowest BCUT2D eigenvalue weighted by Crippen LogP contribution is -2.19. The molecule has 210 valence electrons. The van der Waals surface area contributed by atoms with Crippen LogP contribution >= 0.6 is 0 Å². The van der Waals surface area contributed by atoms with E-state index >= 15 is 0 Å². The van der Waals surface area contributed by atoms with Gasteiger partial charge in [-0.3, -0.25) is 9.80 Å². The molecule has 2 aromatic carbocycles. The third kappa shape index (κ3) is 11.6. The molecule has 0 aliphatic carbocycles. The maximum atomic E-state index is 12.5. The number of halogens is 3. The van der Waals surface area contributed by atoms with E-state index in [1.165, 1.54) is 12.1 Å². The maximum absolute atomic E-state index is 12.5. The fraction of sp³-hybridized carbons (Fsp3) is 0.333. The van der Waals surface area contributed by atoms with Crippen LogP contribution in [0.5, 0.6) is 5.75 Å². The van der Waals surface area contributed by atoms with Gasteiger partial charge in [0.2, 0.25) is 0 Å². The van der Waals surface area contributed by atoms with Crippen LogP contribution < -0.4 is 15.1 Å². The van der Waals surface area contributed by atoms with E-state index < -0.39 is 12.3 Å². The highest BCUT2D eigenvalue weighted by Gasteiger charge is 2.31. The molecule has 9 heteroatoms. The molecule has 0 bridgehead atoms. The van der Waals surface area contributed by atoms with E-state index in [0.29, 0.717) is 19.5 Å². The van der Waals surface area contributed by atoms with Gasteiger partial charge in [-0.05, 0) is 72.7 Å². The van der Waals surface area contributed by atoms with Crippen LogP contribution in [-0.4, -0.2) is 43.8 Å². The number of benzene rings is 2. The van der Waals surface area contributed by atoms with E-state index in [1.54, 1.807) is 23.4 Å². The topological polar surface area (TPSA) is 74.2 Å². The Morgan fingerprint density at radius 2 is 1.82 bits per heavy atom. The zero-order valence-electron chi connectivity index (χ0n) is 22.6. The number of carboxylic acids is 1. The number of carboxylic acid groups (broad SMARTS) is 1. The van der Waals surface area contributed by atoms with Gasteiger partial charge in [0.15, 0.2) is 0 Å². The van der Waals surface area contributed by atoms with E-state index in [-0.39, 0.29) is 12.2 Å². The Morgan fingerprint density at radius 1 is 1.13 bits per heavy atom. The number of carbonyl (C=O) groups is 1. The van der Waals surface area contributed by atoms with Crippen molar-refractivity contribution in [3.63, 3.8) is 0 Å². The van der Waals surface area contributed by atoms with E-state index in [9.17, 15) is 18.0 Å². The molecule has 0 atom stereocenters. The summed E-state index contributed by atoms with van der Waals surface area (Å²) >= 11 is 0. The lowest BCUT2D eigenvalue weighted by atomic mass is 9.96. The van der Waals surface area contributed by atoms with Crippen LogP contribution in [-0.2, 0) is 11.2 Å². The highest BCUT2D eigenvalue weighted by molar-refractivity contribution is 5.70. The summed E-state index contributed by atoms with van der Waals surface area (Å²) in [4.78, 5) is 10.6. The number of allylic oxidation sites excluding steroid dienone is 3. The van der Waals surface area contributed by atoms with Gasteiger partial charge in [-0.25, -0.2) is 0 Å². The average molecular weight is 544 g/mol. The molecule has 0 aromatic heterocycles. The molecule has 2 rings (SSSR count). The van der Waals surface area contributed by atoms with Gasteiger partial charge in [-0.1, -0.05) is 55.5 Å². The molecule has 39 heavy (non-hydrogen) atoms. The normalized spacial score (nSPS) is 12.3. The number of ether oxygens (including phenoxy) is 1. The number of rotatable bonds is 15. The quantitative estimate of drug-likeness (QED) is 0.108. The summed E-state index contributed by atoms with van der Waals surface area (Å²) in [5, 5.41) is 18.0. The minimum absolute atomic E-state index is 0.0569. The van der Waals surface area contributed by atoms with Gasteiger partial charge in [-0.2, -0.15) is 5.10 Å². The van der Waals surface area contributed by atoms with Crippen molar-refractivity contribution >= 4 is 17.9 Å². The highest BCUT2D eigenvalue weighted by Crippen LogP contribution is 2.31. The monoisotopic (exact) mass is 543 g/mol. The summed E-state index contributed by atoms with van der Waals surface area (Å²) in [7, 11) is 1.87. The third-order valence-electron chi connectivity index (χ3n) is 5.69. The second kappa shape index (κ2) is 15.5. The molecular formula is C30H36F3N3O3. The number of aryl methyl sites for hydroxylation is 1. The van der Waals surface area contributed by atoms with Crippen LogP contribution in [0.2, 0.25) is 0 Å². The number of hydrogen-bond acceptors (Lipinski definition) is 5. The van der Waals surface area contributed by atoms with Crippen LogP contribution in [0.15, 0.2) is 83.5 Å². The number of nitrogens with one attached hydrogen (secondary N) is 1. The summed E-state index contributed by atoms with van der Waals surface area (Å²) in [6.45, 7) is 8.82. The maximum Gasteiger partial charge on any atom is 0.573 e. The first-order valence-electron chi connectivity index (χ1n) is 12.7. The fourth-order valence-corrected chi connectivity index (χ4v) is 3.89. The summed E-state index contributed by atoms with van der Waals surface area (Å²) in [6, 6.07) is 11.7. The van der Waals surface area contributed by atoms with Crippen LogP contribution in [0.1, 0.15) is 38.7 Å². The Hall–Kier alpha value is -3.85. The first kappa shape index (κ1) is 31.4. The number of aliphatic carboxylic acids is 1. The minimum atomic E-state index is -4.73. The molecule has 0 heterocycles. The standard InChI is InChI=1S/C30H36F3N3O3/c1-5-7-23(9-8-22(3)21-34-19-18-29(37)38)10-11-26-20-25(14-17-28(26)36(4)35-6-2)24-12-15-27(16-13-24)39-30(31,32)33/h6-9,12-17,20,34H,3,5,10-11,18-19,21H2,1-2,4H3,(H,37,38)/b9-8-,23-7+,35-6-. The molecule has 6 nitrogen and oxygen atoms in total. The highest BCUT2D eigenvalue weighted by atomic mass is 19.4. The van der Waals surface area contributed by atoms with E-state index in [4.69, 9.17) is 5.11 Å². The van der Waals surface area contributed by atoms with E-state index in [0.717, 1.165) is 46.4 Å². The molecule has 0 fully saturated rings.